The van der Waals surface area contributed by atoms with Crippen molar-refractivity contribution in [3.8, 4) is 0 Å². The van der Waals surface area contributed by atoms with E-state index in [1.54, 1.807) is 13.1 Å². The summed E-state index contributed by atoms with van der Waals surface area (Å²) in [5.41, 5.74) is 1.59. The number of aromatic nitrogens is 3. The molecule has 6 nitrogen and oxygen atoms in total. The van der Waals surface area contributed by atoms with Gasteiger partial charge in [-0.05, 0) is 38.0 Å². The zero-order valence-corrected chi connectivity index (χ0v) is 16.7. The second-order valence-corrected chi connectivity index (χ2v) is 8.10. The van der Waals surface area contributed by atoms with Gasteiger partial charge in [0.05, 0.1) is 16.7 Å². The summed E-state index contributed by atoms with van der Waals surface area (Å²) in [6.07, 6.45) is -2.98. The number of amides is 1. The molecule has 0 unspecified atom stereocenters. The largest absolute Gasteiger partial charge is 0.433 e. The summed E-state index contributed by atoms with van der Waals surface area (Å²) >= 11 is 1.34. The molecule has 0 atom stereocenters. The number of alkyl halides is 3. The molecule has 0 bridgehead atoms. The van der Waals surface area contributed by atoms with E-state index < -0.39 is 11.9 Å². The molecule has 0 spiro atoms. The molecule has 29 heavy (non-hydrogen) atoms. The molecule has 2 N–H and O–H groups in total. The van der Waals surface area contributed by atoms with Crippen LogP contribution in [0.5, 0.6) is 0 Å². The Morgan fingerprint density at radius 3 is 2.62 bits per heavy atom. The van der Waals surface area contributed by atoms with Crippen LogP contribution < -0.4 is 5.32 Å². The fourth-order valence-electron chi connectivity index (χ4n) is 3.65. The standard InChI is InChI=1S/C19H20F3N5OS/c1-10-16(29-18(23-2)24-10)17(28)27-7-5-11(6-8-27)13-9-14-12(25-13)3-4-15(26-14)19(20,21)22/h3-4,9,11,25H,5-8H2,1-2H3,(H,23,24). The van der Waals surface area contributed by atoms with Crippen LogP contribution in [0.25, 0.3) is 11.0 Å². The number of fused-ring (bicyclic) bond motifs is 1. The van der Waals surface area contributed by atoms with Crippen LogP contribution in [0.3, 0.4) is 0 Å². The third kappa shape index (κ3) is 3.81. The molecule has 10 heteroatoms. The number of nitrogens with zero attached hydrogens (tertiary/aromatic N) is 3. The number of likely N-dealkylation sites (tertiary alicyclic amines) is 1. The minimum atomic E-state index is -4.46. The van der Waals surface area contributed by atoms with Crippen molar-refractivity contribution in [2.24, 2.45) is 0 Å². The van der Waals surface area contributed by atoms with E-state index in [4.69, 9.17) is 0 Å². The van der Waals surface area contributed by atoms with Crippen LogP contribution in [-0.4, -0.2) is 45.9 Å². The van der Waals surface area contributed by atoms with Gasteiger partial charge in [-0.3, -0.25) is 4.79 Å². The Labute approximate surface area is 169 Å². The first-order chi connectivity index (χ1) is 13.8. The van der Waals surface area contributed by atoms with Crippen LogP contribution in [-0.2, 0) is 6.18 Å². The summed E-state index contributed by atoms with van der Waals surface area (Å²) in [5, 5.41) is 3.67. The lowest BCUT2D eigenvalue weighted by Gasteiger charge is -2.31. The highest BCUT2D eigenvalue weighted by Crippen LogP contribution is 2.33. The molecule has 1 saturated heterocycles. The number of carbonyl (C=O) groups is 1. The van der Waals surface area contributed by atoms with Crippen LogP contribution in [0.1, 0.15) is 45.5 Å². The summed E-state index contributed by atoms with van der Waals surface area (Å²) in [6.45, 7) is 3.00. The van der Waals surface area contributed by atoms with E-state index in [-0.39, 0.29) is 11.8 Å². The maximum Gasteiger partial charge on any atom is 0.433 e. The van der Waals surface area contributed by atoms with E-state index in [0.29, 0.717) is 39.8 Å². The van der Waals surface area contributed by atoms with E-state index >= 15 is 0 Å². The van der Waals surface area contributed by atoms with Crippen LogP contribution >= 0.6 is 11.3 Å². The van der Waals surface area contributed by atoms with E-state index in [2.05, 4.69) is 20.3 Å². The average molecular weight is 423 g/mol. The average Bonchev–Trinajstić information content (AvgIpc) is 3.29. The minimum absolute atomic E-state index is 0.0203. The number of thiazole rings is 1. The van der Waals surface area contributed by atoms with Crippen molar-refractivity contribution in [2.45, 2.75) is 31.9 Å². The number of halogens is 3. The number of carbonyl (C=O) groups excluding carboxylic acids is 1. The molecular formula is C19H20F3N5OS. The van der Waals surface area contributed by atoms with Crippen molar-refractivity contribution >= 4 is 33.4 Å². The zero-order chi connectivity index (χ0) is 20.8. The van der Waals surface area contributed by atoms with Gasteiger partial charge >= 0.3 is 6.18 Å². The highest BCUT2D eigenvalue weighted by atomic mass is 32.1. The fourth-order valence-corrected chi connectivity index (χ4v) is 4.53. The van der Waals surface area contributed by atoms with Gasteiger partial charge in [0.25, 0.3) is 5.91 Å². The van der Waals surface area contributed by atoms with Gasteiger partial charge in [0.1, 0.15) is 10.6 Å². The second kappa shape index (κ2) is 7.33. The number of anilines is 1. The Bertz CT molecular complexity index is 1050. The van der Waals surface area contributed by atoms with E-state index in [9.17, 15) is 18.0 Å². The number of hydrogen-bond acceptors (Lipinski definition) is 5. The minimum Gasteiger partial charge on any atom is -0.365 e. The second-order valence-electron chi connectivity index (χ2n) is 7.10. The summed E-state index contributed by atoms with van der Waals surface area (Å²) in [4.78, 5) is 26.5. The number of pyridine rings is 1. The first-order valence-electron chi connectivity index (χ1n) is 9.27. The molecule has 0 saturated carbocycles. The van der Waals surface area contributed by atoms with E-state index in [1.807, 2.05) is 11.8 Å². The van der Waals surface area contributed by atoms with Gasteiger partial charge in [-0.1, -0.05) is 11.3 Å². The number of aryl methyl sites for hydroxylation is 1. The Hall–Kier alpha value is -2.62. The lowest BCUT2D eigenvalue weighted by molar-refractivity contribution is -0.140. The highest BCUT2D eigenvalue weighted by Gasteiger charge is 2.33. The fraction of sp³-hybridized carbons (Fsp3) is 0.421. The van der Waals surface area contributed by atoms with Crippen LogP contribution in [0.15, 0.2) is 18.2 Å². The predicted octanol–water partition coefficient (Wildman–Crippen LogP) is 4.41. The number of piperidine rings is 1. The number of H-pyrrole nitrogens is 1. The van der Waals surface area contributed by atoms with Crippen molar-refractivity contribution in [3.63, 3.8) is 0 Å². The summed E-state index contributed by atoms with van der Waals surface area (Å²) in [7, 11) is 1.77. The quantitative estimate of drug-likeness (QED) is 0.655. The molecule has 1 fully saturated rings. The molecule has 4 rings (SSSR count). The molecule has 0 aliphatic carbocycles. The van der Waals surface area contributed by atoms with Crippen molar-refractivity contribution in [1.82, 2.24) is 19.9 Å². The van der Waals surface area contributed by atoms with Gasteiger partial charge < -0.3 is 15.2 Å². The Morgan fingerprint density at radius 1 is 1.28 bits per heavy atom. The van der Waals surface area contributed by atoms with Gasteiger partial charge in [0.15, 0.2) is 5.13 Å². The molecule has 3 aromatic rings. The first kappa shape index (κ1) is 19.7. The molecule has 0 radical (unpaired) electrons. The topological polar surface area (TPSA) is 73.9 Å². The molecular weight excluding hydrogens is 403 g/mol. The van der Waals surface area contributed by atoms with Crippen LogP contribution in [0.4, 0.5) is 18.3 Å². The van der Waals surface area contributed by atoms with Crippen LogP contribution in [0.2, 0.25) is 0 Å². The predicted molar refractivity (Wildman–Crippen MR) is 105 cm³/mol. The lowest BCUT2D eigenvalue weighted by Crippen LogP contribution is -2.37. The molecule has 1 amide bonds. The number of aromatic amines is 1. The lowest BCUT2D eigenvalue weighted by atomic mass is 9.93. The molecule has 1 aliphatic rings. The summed E-state index contributed by atoms with van der Waals surface area (Å²) < 4.78 is 38.6. The molecule has 4 heterocycles. The number of nitrogens with one attached hydrogen (secondary N) is 2. The first-order valence-corrected chi connectivity index (χ1v) is 10.1. The zero-order valence-electron chi connectivity index (χ0n) is 15.9. The smallest absolute Gasteiger partial charge is 0.365 e. The Morgan fingerprint density at radius 2 is 2.00 bits per heavy atom. The van der Waals surface area contributed by atoms with Gasteiger partial charge in [0, 0.05) is 31.7 Å². The maximum absolute atomic E-state index is 12.9. The molecule has 3 aromatic heterocycles. The van der Waals surface area contributed by atoms with E-state index in [0.717, 1.165) is 24.6 Å². The highest BCUT2D eigenvalue weighted by molar-refractivity contribution is 7.17. The van der Waals surface area contributed by atoms with Gasteiger partial charge in [-0.2, -0.15) is 13.2 Å². The Balaban J connectivity index is 1.46. The Kier molecular flexibility index (Phi) is 4.97. The number of hydrogen-bond donors (Lipinski definition) is 2. The van der Waals surface area contributed by atoms with Gasteiger partial charge in [0.2, 0.25) is 0 Å². The van der Waals surface area contributed by atoms with Crippen molar-refractivity contribution in [3.05, 3.63) is 40.2 Å². The molecule has 154 valence electrons. The normalized spacial score (nSPS) is 15.8. The molecule has 0 aromatic carbocycles. The van der Waals surface area contributed by atoms with Crippen LogP contribution in [0, 0.1) is 6.92 Å². The molecule has 1 aliphatic heterocycles. The van der Waals surface area contributed by atoms with Crippen molar-refractivity contribution in [1.29, 1.82) is 0 Å². The SMILES string of the molecule is CNc1nc(C)c(C(=O)N2CCC(c3cc4nc(C(F)(F)F)ccc4[nH]3)CC2)s1. The van der Waals surface area contributed by atoms with E-state index in [1.165, 1.54) is 17.4 Å². The third-order valence-electron chi connectivity index (χ3n) is 5.21. The summed E-state index contributed by atoms with van der Waals surface area (Å²) in [6, 6.07) is 4.10. The third-order valence-corrected chi connectivity index (χ3v) is 6.38. The number of rotatable bonds is 3. The monoisotopic (exact) mass is 423 g/mol. The van der Waals surface area contributed by atoms with Gasteiger partial charge in [-0.15, -0.1) is 0 Å². The van der Waals surface area contributed by atoms with Gasteiger partial charge in [-0.25, -0.2) is 9.97 Å². The maximum atomic E-state index is 12.9. The summed E-state index contributed by atoms with van der Waals surface area (Å²) in [5.74, 6) is 0.131. The van der Waals surface area contributed by atoms with Crippen molar-refractivity contribution in [2.75, 3.05) is 25.5 Å². The van der Waals surface area contributed by atoms with Crippen molar-refractivity contribution < 1.29 is 18.0 Å².